The maximum atomic E-state index is 12.8. The fourth-order valence-corrected chi connectivity index (χ4v) is 3.09. The van der Waals surface area contributed by atoms with Crippen molar-refractivity contribution in [2.24, 2.45) is 5.92 Å². The third-order valence-electron chi connectivity index (χ3n) is 4.58. The predicted octanol–water partition coefficient (Wildman–Crippen LogP) is 3.07. The Hall–Kier alpha value is -1.35. The fourth-order valence-electron chi connectivity index (χ4n) is 3.09. The van der Waals surface area contributed by atoms with E-state index >= 15 is 0 Å². The fraction of sp³-hybridized carbons (Fsp3) is 0.611. The number of nitrogens with one attached hydrogen (secondary N) is 2. The molecule has 0 aromatic heterocycles. The lowest BCUT2D eigenvalue weighted by molar-refractivity contribution is -0.124. The third kappa shape index (κ3) is 4.57. The molecule has 1 saturated heterocycles. The molecule has 1 aromatic rings. The van der Waals surface area contributed by atoms with Gasteiger partial charge in [-0.2, -0.15) is 0 Å². The molecule has 1 fully saturated rings. The Kier molecular flexibility index (Phi) is 6.24. The van der Waals surface area contributed by atoms with Crippen LogP contribution in [-0.4, -0.2) is 25.0 Å². The van der Waals surface area contributed by atoms with Crippen LogP contribution in [-0.2, 0) is 4.79 Å². The molecule has 3 atom stereocenters. The Bertz CT molecular complexity index is 424. The molecule has 2 rings (SSSR count). The molecule has 3 heteroatoms. The summed E-state index contributed by atoms with van der Waals surface area (Å²) < 4.78 is 0. The zero-order chi connectivity index (χ0) is 15.1. The van der Waals surface area contributed by atoms with Crippen LogP contribution in [0.4, 0.5) is 0 Å². The van der Waals surface area contributed by atoms with Gasteiger partial charge < -0.3 is 10.6 Å². The van der Waals surface area contributed by atoms with Crippen molar-refractivity contribution in [2.45, 2.75) is 51.5 Å². The minimum absolute atomic E-state index is 0.0348. The van der Waals surface area contributed by atoms with E-state index in [4.69, 9.17) is 0 Å². The normalized spacial score (nSPS) is 22.1. The van der Waals surface area contributed by atoms with Crippen LogP contribution in [0.3, 0.4) is 0 Å². The first-order valence-corrected chi connectivity index (χ1v) is 8.28. The standard InChI is InChI=1S/C18H28N2O/c1-3-14(2)17(15-8-5-4-6-9-15)18(21)20-16-10-7-12-19-13-11-16/h4-6,8-9,14,16-17,19H,3,7,10-13H2,1-2H3,(H,20,21). The van der Waals surface area contributed by atoms with Crippen molar-refractivity contribution < 1.29 is 4.79 Å². The smallest absolute Gasteiger partial charge is 0.228 e. The minimum atomic E-state index is -0.0348. The van der Waals surface area contributed by atoms with Gasteiger partial charge in [-0.1, -0.05) is 50.6 Å². The second-order valence-corrected chi connectivity index (χ2v) is 6.16. The number of hydrogen-bond acceptors (Lipinski definition) is 2. The molecule has 1 heterocycles. The molecule has 1 aliphatic rings. The summed E-state index contributed by atoms with van der Waals surface area (Å²) in [5.41, 5.74) is 1.14. The van der Waals surface area contributed by atoms with Crippen molar-refractivity contribution >= 4 is 5.91 Å². The topological polar surface area (TPSA) is 41.1 Å². The minimum Gasteiger partial charge on any atom is -0.353 e. The Morgan fingerprint density at radius 3 is 2.76 bits per heavy atom. The largest absolute Gasteiger partial charge is 0.353 e. The number of benzene rings is 1. The molecule has 116 valence electrons. The SMILES string of the molecule is CCC(C)C(C(=O)NC1CCCNCC1)c1ccccc1. The van der Waals surface area contributed by atoms with E-state index in [1.807, 2.05) is 18.2 Å². The highest BCUT2D eigenvalue weighted by atomic mass is 16.2. The quantitative estimate of drug-likeness (QED) is 0.874. The molecule has 0 radical (unpaired) electrons. The van der Waals surface area contributed by atoms with Gasteiger partial charge >= 0.3 is 0 Å². The average molecular weight is 288 g/mol. The van der Waals surface area contributed by atoms with E-state index in [1.54, 1.807) is 0 Å². The Morgan fingerprint density at radius 2 is 2.05 bits per heavy atom. The molecule has 3 nitrogen and oxygen atoms in total. The van der Waals surface area contributed by atoms with Gasteiger partial charge in [0.2, 0.25) is 5.91 Å². The van der Waals surface area contributed by atoms with E-state index in [1.165, 1.54) is 0 Å². The summed E-state index contributed by atoms with van der Waals surface area (Å²) in [7, 11) is 0. The Labute approximate surface area is 128 Å². The number of hydrogen-bond donors (Lipinski definition) is 2. The molecule has 0 aliphatic carbocycles. The van der Waals surface area contributed by atoms with Crippen molar-refractivity contribution in [1.29, 1.82) is 0 Å². The van der Waals surface area contributed by atoms with Gasteiger partial charge in [0.05, 0.1) is 5.92 Å². The van der Waals surface area contributed by atoms with Crippen LogP contribution in [0, 0.1) is 5.92 Å². The van der Waals surface area contributed by atoms with Crippen LogP contribution >= 0.6 is 0 Å². The average Bonchev–Trinajstić information content (AvgIpc) is 2.77. The zero-order valence-electron chi connectivity index (χ0n) is 13.3. The second kappa shape index (κ2) is 8.18. The summed E-state index contributed by atoms with van der Waals surface area (Å²) in [5.74, 6) is 0.520. The summed E-state index contributed by atoms with van der Waals surface area (Å²) in [6.45, 7) is 6.40. The molecule has 21 heavy (non-hydrogen) atoms. The lowest BCUT2D eigenvalue weighted by atomic mass is 9.84. The van der Waals surface area contributed by atoms with Crippen LogP contribution < -0.4 is 10.6 Å². The van der Waals surface area contributed by atoms with E-state index in [9.17, 15) is 4.79 Å². The Balaban J connectivity index is 2.07. The van der Waals surface area contributed by atoms with E-state index in [0.29, 0.717) is 12.0 Å². The summed E-state index contributed by atoms with van der Waals surface area (Å²) >= 11 is 0. The van der Waals surface area contributed by atoms with E-state index < -0.39 is 0 Å². The third-order valence-corrected chi connectivity index (χ3v) is 4.58. The molecule has 1 aromatic carbocycles. The number of amides is 1. The molecule has 1 aliphatic heterocycles. The van der Waals surface area contributed by atoms with Gasteiger partial charge in [0.15, 0.2) is 0 Å². The van der Waals surface area contributed by atoms with Crippen LogP contribution in [0.2, 0.25) is 0 Å². The van der Waals surface area contributed by atoms with Crippen molar-refractivity contribution in [2.75, 3.05) is 13.1 Å². The molecular weight excluding hydrogens is 260 g/mol. The van der Waals surface area contributed by atoms with Gasteiger partial charge in [-0.05, 0) is 43.8 Å². The van der Waals surface area contributed by atoms with Crippen molar-refractivity contribution in [1.82, 2.24) is 10.6 Å². The molecular formula is C18H28N2O. The summed E-state index contributed by atoms with van der Waals surface area (Å²) in [6, 6.07) is 10.5. The van der Waals surface area contributed by atoms with Crippen molar-refractivity contribution in [3.63, 3.8) is 0 Å². The van der Waals surface area contributed by atoms with Gasteiger partial charge in [0.25, 0.3) is 0 Å². The number of carbonyl (C=O) groups is 1. The van der Waals surface area contributed by atoms with E-state index in [0.717, 1.165) is 44.3 Å². The van der Waals surface area contributed by atoms with Crippen molar-refractivity contribution in [3.05, 3.63) is 35.9 Å². The van der Waals surface area contributed by atoms with E-state index in [-0.39, 0.29) is 11.8 Å². The first-order valence-electron chi connectivity index (χ1n) is 8.28. The zero-order valence-corrected chi connectivity index (χ0v) is 13.3. The van der Waals surface area contributed by atoms with Gasteiger partial charge in [-0.15, -0.1) is 0 Å². The van der Waals surface area contributed by atoms with Gasteiger partial charge in [-0.3, -0.25) is 4.79 Å². The molecule has 0 spiro atoms. The second-order valence-electron chi connectivity index (χ2n) is 6.16. The highest BCUT2D eigenvalue weighted by Gasteiger charge is 2.27. The molecule has 1 amide bonds. The lowest BCUT2D eigenvalue weighted by Gasteiger charge is -2.25. The van der Waals surface area contributed by atoms with Crippen LogP contribution in [0.1, 0.15) is 51.0 Å². The maximum absolute atomic E-state index is 12.8. The monoisotopic (exact) mass is 288 g/mol. The van der Waals surface area contributed by atoms with Gasteiger partial charge in [-0.25, -0.2) is 0 Å². The number of rotatable bonds is 5. The Morgan fingerprint density at radius 1 is 1.29 bits per heavy atom. The van der Waals surface area contributed by atoms with Crippen LogP contribution in [0.5, 0.6) is 0 Å². The molecule has 0 bridgehead atoms. The highest BCUT2D eigenvalue weighted by Crippen LogP contribution is 2.27. The maximum Gasteiger partial charge on any atom is 0.228 e. The van der Waals surface area contributed by atoms with Crippen molar-refractivity contribution in [3.8, 4) is 0 Å². The van der Waals surface area contributed by atoms with Crippen LogP contribution in [0.15, 0.2) is 30.3 Å². The molecule has 2 N–H and O–H groups in total. The molecule has 0 saturated carbocycles. The predicted molar refractivity (Wildman–Crippen MR) is 87.3 cm³/mol. The first kappa shape index (κ1) is 16.0. The van der Waals surface area contributed by atoms with Crippen LogP contribution in [0.25, 0.3) is 0 Å². The van der Waals surface area contributed by atoms with Gasteiger partial charge in [0.1, 0.15) is 0 Å². The summed E-state index contributed by atoms with van der Waals surface area (Å²) in [6.07, 6.45) is 4.28. The first-order chi connectivity index (χ1) is 10.2. The molecule has 3 unspecified atom stereocenters. The summed E-state index contributed by atoms with van der Waals surface area (Å²) in [4.78, 5) is 12.8. The van der Waals surface area contributed by atoms with E-state index in [2.05, 4.69) is 36.6 Å². The number of carbonyl (C=O) groups excluding carboxylic acids is 1. The van der Waals surface area contributed by atoms with Gasteiger partial charge in [0, 0.05) is 6.04 Å². The lowest BCUT2D eigenvalue weighted by Crippen LogP contribution is -2.40. The highest BCUT2D eigenvalue weighted by molar-refractivity contribution is 5.84. The summed E-state index contributed by atoms with van der Waals surface area (Å²) in [5, 5.41) is 6.69.